The van der Waals surface area contributed by atoms with E-state index in [1.807, 2.05) is 20.0 Å². The molecule has 3 heteroatoms. The van der Waals surface area contributed by atoms with Crippen LogP contribution < -0.4 is 9.47 Å². The Morgan fingerprint density at radius 2 is 2.45 bits per heavy atom. The molecule has 1 aromatic rings. The molecule has 2 rings (SSSR count). The molecule has 2 heterocycles. The summed E-state index contributed by atoms with van der Waals surface area (Å²) in [6, 6.07) is 0. The fourth-order valence-corrected chi connectivity index (χ4v) is 1.21. The van der Waals surface area contributed by atoms with Crippen molar-refractivity contribution in [3.8, 4) is 11.5 Å². The summed E-state index contributed by atoms with van der Waals surface area (Å²) in [5.74, 6) is 1.70. The smallest absolute Gasteiger partial charge is 0.181 e. The molecular formula is C8H11NO2. The third-order valence-electron chi connectivity index (χ3n) is 1.77. The maximum absolute atomic E-state index is 5.50. The van der Waals surface area contributed by atoms with Gasteiger partial charge in [-0.2, -0.15) is 0 Å². The number of hydrogen-bond acceptors (Lipinski definition) is 2. The van der Waals surface area contributed by atoms with Crippen LogP contribution in [0.25, 0.3) is 0 Å². The number of aryl methyl sites for hydroxylation is 1. The van der Waals surface area contributed by atoms with Gasteiger partial charge in [0.1, 0.15) is 12.7 Å². The van der Waals surface area contributed by atoms with Gasteiger partial charge in [-0.1, -0.05) is 0 Å². The Balaban J connectivity index is 2.36. The van der Waals surface area contributed by atoms with Gasteiger partial charge < -0.3 is 14.5 Å². The minimum absolute atomic E-state index is 0.165. The van der Waals surface area contributed by atoms with Crippen LogP contribution >= 0.6 is 0 Å². The fraction of sp³-hybridized carbons (Fsp3) is 0.500. The van der Waals surface area contributed by atoms with E-state index < -0.39 is 0 Å². The summed E-state index contributed by atoms with van der Waals surface area (Å²) in [7, 11) is 0. The van der Waals surface area contributed by atoms with Crippen molar-refractivity contribution < 1.29 is 9.47 Å². The van der Waals surface area contributed by atoms with E-state index in [9.17, 15) is 0 Å². The number of nitrogens with one attached hydrogen (secondary N) is 1. The normalized spacial score (nSPS) is 21.8. The molecule has 1 N–H and O–H groups in total. The molecule has 0 fully saturated rings. The lowest BCUT2D eigenvalue weighted by Gasteiger charge is -2.21. The van der Waals surface area contributed by atoms with Crippen LogP contribution in [-0.2, 0) is 0 Å². The van der Waals surface area contributed by atoms with Crippen molar-refractivity contribution in [2.75, 3.05) is 6.61 Å². The topological polar surface area (TPSA) is 34.2 Å². The second kappa shape index (κ2) is 2.19. The predicted octanol–water partition coefficient (Wildman–Crippen LogP) is 1.48. The standard InChI is InChI=1S/C8H11NO2/c1-5-4-10-8-6(2)9-3-7(8)11-5/h3,5,9H,4H2,1-2H3. The number of rotatable bonds is 0. The van der Waals surface area contributed by atoms with Crippen LogP contribution in [0.5, 0.6) is 11.5 Å². The van der Waals surface area contributed by atoms with E-state index in [-0.39, 0.29) is 6.10 Å². The predicted molar refractivity (Wildman–Crippen MR) is 41.1 cm³/mol. The van der Waals surface area contributed by atoms with Crippen molar-refractivity contribution >= 4 is 0 Å². The number of aromatic nitrogens is 1. The van der Waals surface area contributed by atoms with Gasteiger partial charge in [-0.15, -0.1) is 0 Å². The molecule has 1 aromatic heterocycles. The summed E-state index contributed by atoms with van der Waals surface area (Å²) in [6.07, 6.45) is 2.00. The van der Waals surface area contributed by atoms with Gasteiger partial charge in [0.05, 0.1) is 5.69 Å². The van der Waals surface area contributed by atoms with Crippen LogP contribution in [-0.4, -0.2) is 17.7 Å². The van der Waals surface area contributed by atoms with Gasteiger partial charge in [-0.3, -0.25) is 0 Å². The van der Waals surface area contributed by atoms with Crippen molar-refractivity contribution in [3.63, 3.8) is 0 Å². The van der Waals surface area contributed by atoms with Crippen molar-refractivity contribution in [2.45, 2.75) is 20.0 Å². The van der Waals surface area contributed by atoms with Crippen LogP contribution in [0.3, 0.4) is 0 Å². The highest BCUT2D eigenvalue weighted by atomic mass is 16.6. The maximum Gasteiger partial charge on any atom is 0.181 e. The summed E-state index contributed by atoms with van der Waals surface area (Å²) in [5.41, 5.74) is 1.03. The van der Waals surface area contributed by atoms with Gasteiger partial charge in [-0.05, 0) is 13.8 Å². The van der Waals surface area contributed by atoms with E-state index in [4.69, 9.17) is 9.47 Å². The second-order valence-corrected chi connectivity index (χ2v) is 2.85. The van der Waals surface area contributed by atoms with Crippen LogP contribution in [0.2, 0.25) is 0 Å². The van der Waals surface area contributed by atoms with E-state index in [1.54, 1.807) is 0 Å². The van der Waals surface area contributed by atoms with Gasteiger partial charge in [0.15, 0.2) is 11.5 Å². The molecule has 0 aromatic carbocycles. The van der Waals surface area contributed by atoms with E-state index >= 15 is 0 Å². The minimum Gasteiger partial charge on any atom is -0.484 e. The van der Waals surface area contributed by atoms with Crippen LogP contribution in [0.15, 0.2) is 6.20 Å². The number of hydrogen-bond donors (Lipinski definition) is 1. The summed E-state index contributed by atoms with van der Waals surface area (Å²) >= 11 is 0. The van der Waals surface area contributed by atoms with E-state index in [2.05, 4.69) is 4.98 Å². The van der Waals surface area contributed by atoms with E-state index in [1.165, 1.54) is 0 Å². The summed E-state index contributed by atoms with van der Waals surface area (Å²) in [4.78, 5) is 3.05. The molecule has 0 amide bonds. The molecule has 0 radical (unpaired) electrons. The summed E-state index contributed by atoms with van der Waals surface area (Å²) in [5, 5.41) is 0. The molecule has 3 nitrogen and oxygen atoms in total. The quantitative estimate of drug-likeness (QED) is 0.612. The Morgan fingerprint density at radius 3 is 3.27 bits per heavy atom. The lowest BCUT2D eigenvalue weighted by molar-refractivity contribution is 0.105. The molecule has 0 saturated carbocycles. The number of H-pyrrole nitrogens is 1. The highest BCUT2D eigenvalue weighted by molar-refractivity contribution is 5.44. The molecular weight excluding hydrogens is 142 g/mol. The first kappa shape index (κ1) is 6.58. The molecule has 60 valence electrons. The van der Waals surface area contributed by atoms with E-state index in [0.29, 0.717) is 6.61 Å². The largest absolute Gasteiger partial charge is 0.484 e. The van der Waals surface area contributed by atoms with Crippen molar-refractivity contribution in [2.24, 2.45) is 0 Å². The fourth-order valence-electron chi connectivity index (χ4n) is 1.21. The molecule has 11 heavy (non-hydrogen) atoms. The average Bonchev–Trinajstić information content (AvgIpc) is 2.32. The van der Waals surface area contributed by atoms with Crippen LogP contribution in [0.1, 0.15) is 12.6 Å². The molecule has 0 saturated heterocycles. The van der Waals surface area contributed by atoms with Gasteiger partial charge in [0.2, 0.25) is 0 Å². The lowest BCUT2D eigenvalue weighted by Crippen LogP contribution is -2.25. The van der Waals surface area contributed by atoms with Crippen LogP contribution in [0, 0.1) is 6.92 Å². The van der Waals surface area contributed by atoms with Gasteiger partial charge in [0, 0.05) is 6.20 Å². The average molecular weight is 153 g/mol. The monoisotopic (exact) mass is 153 g/mol. The Bertz CT molecular complexity index is 267. The Hall–Kier alpha value is -1.12. The van der Waals surface area contributed by atoms with Gasteiger partial charge >= 0.3 is 0 Å². The SMILES string of the molecule is Cc1[nH]cc2c1OCC(C)O2. The second-order valence-electron chi connectivity index (χ2n) is 2.85. The van der Waals surface area contributed by atoms with Gasteiger partial charge in [-0.25, -0.2) is 0 Å². The highest BCUT2D eigenvalue weighted by Gasteiger charge is 2.19. The zero-order chi connectivity index (χ0) is 7.84. The molecule has 0 spiro atoms. The third-order valence-corrected chi connectivity index (χ3v) is 1.77. The Morgan fingerprint density at radius 1 is 1.64 bits per heavy atom. The van der Waals surface area contributed by atoms with Crippen molar-refractivity contribution in [3.05, 3.63) is 11.9 Å². The first-order valence-corrected chi connectivity index (χ1v) is 3.75. The first-order chi connectivity index (χ1) is 5.27. The van der Waals surface area contributed by atoms with Crippen LogP contribution in [0.4, 0.5) is 0 Å². The molecule has 0 bridgehead atoms. The number of fused-ring (bicyclic) bond motifs is 1. The Labute approximate surface area is 65.3 Å². The first-order valence-electron chi connectivity index (χ1n) is 3.75. The molecule has 1 atom stereocenters. The molecule has 0 aliphatic carbocycles. The van der Waals surface area contributed by atoms with Crippen molar-refractivity contribution in [1.29, 1.82) is 0 Å². The minimum atomic E-state index is 0.165. The summed E-state index contributed by atoms with van der Waals surface area (Å²) < 4.78 is 10.9. The lowest BCUT2D eigenvalue weighted by atomic mass is 10.3. The van der Waals surface area contributed by atoms with Crippen molar-refractivity contribution in [1.82, 2.24) is 4.98 Å². The molecule has 1 aliphatic heterocycles. The highest BCUT2D eigenvalue weighted by Crippen LogP contribution is 2.34. The number of ether oxygens (including phenoxy) is 2. The Kier molecular flexibility index (Phi) is 1.31. The summed E-state index contributed by atoms with van der Waals surface area (Å²) in [6.45, 7) is 4.61. The molecule has 1 unspecified atom stereocenters. The maximum atomic E-state index is 5.50. The van der Waals surface area contributed by atoms with E-state index in [0.717, 1.165) is 17.2 Å². The third kappa shape index (κ3) is 0.964. The van der Waals surface area contributed by atoms with Gasteiger partial charge in [0.25, 0.3) is 0 Å². The number of aromatic amines is 1. The zero-order valence-electron chi connectivity index (χ0n) is 6.68. The zero-order valence-corrected chi connectivity index (χ0v) is 6.68. The molecule has 1 aliphatic rings.